The third kappa shape index (κ3) is 5.94. The quantitative estimate of drug-likeness (QED) is 0.167. The highest BCUT2D eigenvalue weighted by Gasteiger charge is 2.19. The molecule has 7 heteroatoms. The fourth-order valence-electron chi connectivity index (χ4n) is 8.23. The number of fused-ring (bicyclic) bond motifs is 6. The Labute approximate surface area is 344 Å². The normalized spacial score (nSPS) is 11.3. The van der Waals surface area contributed by atoms with E-state index in [-0.39, 0.29) is 0 Å². The van der Waals surface area contributed by atoms with E-state index >= 15 is 0 Å². The van der Waals surface area contributed by atoms with E-state index in [1.54, 1.807) is 6.07 Å². The Balaban J connectivity index is 1.17. The second-order valence-electron chi connectivity index (χ2n) is 14.7. The Morgan fingerprint density at radius 2 is 0.883 bits per heavy atom. The van der Waals surface area contributed by atoms with Crippen LogP contribution in [0.3, 0.4) is 0 Å². The third-order valence-electron chi connectivity index (χ3n) is 11.0. The van der Waals surface area contributed by atoms with Crippen LogP contribution in [0.5, 0.6) is 0 Å². The number of hydrogen-bond donors (Lipinski definition) is 0. The number of rotatable bonds is 6. The maximum atomic E-state index is 9.74. The van der Waals surface area contributed by atoms with E-state index in [1.165, 1.54) is 0 Å². The first kappa shape index (κ1) is 34.6. The van der Waals surface area contributed by atoms with E-state index < -0.39 is 0 Å². The third-order valence-corrected chi connectivity index (χ3v) is 11.0. The van der Waals surface area contributed by atoms with E-state index in [0.717, 1.165) is 88.4 Å². The highest BCUT2D eigenvalue weighted by Crippen LogP contribution is 2.39. The van der Waals surface area contributed by atoms with Gasteiger partial charge in [-0.05, 0) is 95.1 Å². The molecule has 278 valence electrons. The number of hydrogen-bond acceptors (Lipinski definition) is 6. The van der Waals surface area contributed by atoms with Crippen molar-refractivity contribution in [3.63, 3.8) is 0 Å². The Bertz CT molecular complexity index is 3480. The van der Waals surface area contributed by atoms with Gasteiger partial charge >= 0.3 is 0 Å². The minimum absolute atomic E-state index is 0.446. The number of aromatic nitrogens is 4. The van der Waals surface area contributed by atoms with Crippen LogP contribution in [0.4, 0.5) is 0 Å². The van der Waals surface area contributed by atoms with Crippen molar-refractivity contribution in [2.24, 2.45) is 0 Å². The molecule has 0 aliphatic rings. The maximum Gasteiger partial charge on any atom is 0.164 e. The molecule has 0 radical (unpaired) electrons. The smallest absolute Gasteiger partial charge is 0.164 e. The molecule has 0 fully saturated rings. The SMILES string of the molecule is N#Cc1cc(C#N)cc(-c2ccc3c(c2)c2ccccc2n3-c2cc(-c3ccc4oc5ccccc5c4c3)cc(-c3nc(-c4ccccc4)nc(-c4ccccc4)n3)c2)c1. The van der Waals surface area contributed by atoms with E-state index in [0.29, 0.717) is 28.6 Å². The molecular formula is C53H30N6O. The lowest BCUT2D eigenvalue weighted by atomic mass is 9.98. The van der Waals surface area contributed by atoms with Gasteiger partial charge in [0.15, 0.2) is 17.5 Å². The molecule has 0 saturated heterocycles. The van der Waals surface area contributed by atoms with Gasteiger partial charge in [-0.1, -0.05) is 109 Å². The van der Waals surface area contributed by atoms with Gasteiger partial charge in [0.2, 0.25) is 0 Å². The van der Waals surface area contributed by atoms with Gasteiger partial charge in [-0.2, -0.15) is 10.5 Å². The van der Waals surface area contributed by atoms with Gasteiger partial charge in [0.05, 0.1) is 34.3 Å². The molecule has 0 N–H and O–H groups in total. The van der Waals surface area contributed by atoms with E-state index in [2.05, 4.69) is 95.6 Å². The van der Waals surface area contributed by atoms with E-state index in [1.807, 2.05) is 97.1 Å². The summed E-state index contributed by atoms with van der Waals surface area (Å²) < 4.78 is 8.52. The fraction of sp³-hybridized carbons (Fsp3) is 0. The summed E-state index contributed by atoms with van der Waals surface area (Å²) in [6.07, 6.45) is 0. The summed E-state index contributed by atoms with van der Waals surface area (Å²) in [6.45, 7) is 0. The molecule has 0 aliphatic heterocycles. The highest BCUT2D eigenvalue weighted by molar-refractivity contribution is 6.11. The summed E-state index contributed by atoms with van der Waals surface area (Å²) in [6, 6.07) is 65.4. The van der Waals surface area contributed by atoms with E-state index in [4.69, 9.17) is 19.4 Å². The zero-order valence-electron chi connectivity index (χ0n) is 31.9. The molecule has 11 rings (SSSR count). The lowest BCUT2D eigenvalue weighted by molar-refractivity contribution is 0.669. The molecule has 3 heterocycles. The largest absolute Gasteiger partial charge is 0.456 e. The van der Waals surface area contributed by atoms with Crippen molar-refractivity contribution in [3.8, 4) is 74.2 Å². The lowest BCUT2D eigenvalue weighted by Gasteiger charge is -2.15. The molecule has 3 aromatic heterocycles. The Kier molecular flexibility index (Phi) is 8.11. The van der Waals surface area contributed by atoms with Crippen molar-refractivity contribution in [1.82, 2.24) is 19.5 Å². The lowest BCUT2D eigenvalue weighted by Crippen LogP contribution is -2.01. The Morgan fingerprint density at radius 3 is 1.57 bits per heavy atom. The first-order valence-electron chi connectivity index (χ1n) is 19.5. The zero-order valence-corrected chi connectivity index (χ0v) is 31.9. The van der Waals surface area contributed by atoms with Crippen molar-refractivity contribution >= 4 is 43.7 Å². The monoisotopic (exact) mass is 766 g/mol. The van der Waals surface area contributed by atoms with Crippen LogP contribution < -0.4 is 0 Å². The van der Waals surface area contributed by atoms with Crippen molar-refractivity contribution in [2.75, 3.05) is 0 Å². The van der Waals surface area contributed by atoms with Gasteiger partial charge in [0.1, 0.15) is 11.2 Å². The van der Waals surface area contributed by atoms with Gasteiger partial charge in [-0.3, -0.25) is 0 Å². The van der Waals surface area contributed by atoms with Crippen LogP contribution in [-0.2, 0) is 0 Å². The number of furan rings is 1. The van der Waals surface area contributed by atoms with Crippen LogP contribution in [0.2, 0.25) is 0 Å². The summed E-state index contributed by atoms with van der Waals surface area (Å²) in [7, 11) is 0. The molecular weight excluding hydrogens is 737 g/mol. The topological polar surface area (TPSA) is 104 Å². The molecule has 0 spiro atoms. The van der Waals surface area contributed by atoms with Gasteiger partial charge in [0.25, 0.3) is 0 Å². The highest BCUT2D eigenvalue weighted by atomic mass is 16.3. The molecule has 8 aromatic carbocycles. The Hall–Kier alpha value is -8.65. The second kappa shape index (κ2) is 14.1. The first-order chi connectivity index (χ1) is 29.6. The van der Waals surface area contributed by atoms with Gasteiger partial charge < -0.3 is 8.98 Å². The number of nitriles is 2. The van der Waals surface area contributed by atoms with Crippen LogP contribution in [0.1, 0.15) is 11.1 Å². The minimum atomic E-state index is 0.446. The zero-order chi connectivity index (χ0) is 40.2. The summed E-state index contributed by atoms with van der Waals surface area (Å²) in [5, 5.41) is 23.7. The first-order valence-corrected chi connectivity index (χ1v) is 19.5. The molecule has 0 aliphatic carbocycles. The predicted molar refractivity (Wildman–Crippen MR) is 238 cm³/mol. The van der Waals surface area contributed by atoms with Crippen molar-refractivity contribution in [1.29, 1.82) is 10.5 Å². The van der Waals surface area contributed by atoms with Gasteiger partial charge in [-0.25, -0.2) is 15.0 Å². The number of nitrogens with zero attached hydrogens (tertiary/aromatic N) is 6. The molecule has 0 unspecified atom stereocenters. The van der Waals surface area contributed by atoms with E-state index in [9.17, 15) is 10.5 Å². The number of para-hydroxylation sites is 2. The standard InChI is InChI=1S/C53H30N6O/c54-31-33-23-34(32-55)25-39(24-33)37-19-21-48-45(29-37)43-15-7-9-17-47(43)59(48)42-27-40(38-20-22-50-46(30-38)44-16-8-10-18-49(44)60-50)26-41(28-42)53-57-51(35-11-3-1-4-12-35)56-52(58-53)36-13-5-2-6-14-36/h1-30H. The maximum absolute atomic E-state index is 9.74. The predicted octanol–water partition coefficient (Wildman–Crippen LogP) is 12.9. The fourth-order valence-corrected chi connectivity index (χ4v) is 8.23. The molecule has 0 bridgehead atoms. The van der Waals surface area contributed by atoms with Crippen LogP contribution in [0, 0.1) is 22.7 Å². The van der Waals surface area contributed by atoms with Crippen molar-refractivity contribution in [2.45, 2.75) is 0 Å². The Morgan fingerprint density at radius 1 is 0.367 bits per heavy atom. The summed E-state index contributed by atoms with van der Waals surface area (Å²) in [5.74, 6) is 1.72. The average molecular weight is 767 g/mol. The summed E-state index contributed by atoms with van der Waals surface area (Å²) in [5.41, 5.74) is 11.9. The summed E-state index contributed by atoms with van der Waals surface area (Å²) in [4.78, 5) is 15.3. The molecule has 0 atom stereocenters. The molecule has 60 heavy (non-hydrogen) atoms. The van der Waals surface area contributed by atoms with Crippen LogP contribution in [0.25, 0.3) is 106 Å². The van der Waals surface area contributed by atoms with Crippen LogP contribution in [0.15, 0.2) is 186 Å². The van der Waals surface area contributed by atoms with Crippen LogP contribution in [-0.4, -0.2) is 19.5 Å². The molecule has 0 amide bonds. The molecule has 0 saturated carbocycles. The minimum Gasteiger partial charge on any atom is -0.456 e. The second-order valence-corrected chi connectivity index (χ2v) is 14.7. The van der Waals surface area contributed by atoms with Gasteiger partial charge in [-0.15, -0.1) is 0 Å². The number of benzene rings is 8. The van der Waals surface area contributed by atoms with Gasteiger partial charge in [0, 0.05) is 43.9 Å². The van der Waals surface area contributed by atoms with Crippen molar-refractivity contribution in [3.05, 3.63) is 193 Å². The summed E-state index contributed by atoms with van der Waals surface area (Å²) >= 11 is 0. The molecule has 7 nitrogen and oxygen atoms in total. The van der Waals surface area contributed by atoms with Crippen molar-refractivity contribution < 1.29 is 4.42 Å². The molecule has 11 aromatic rings. The van der Waals surface area contributed by atoms with Crippen LogP contribution >= 0.6 is 0 Å². The average Bonchev–Trinajstić information content (AvgIpc) is 3.86.